The number of hydrogen-bond acceptors (Lipinski definition) is 5. The van der Waals surface area contributed by atoms with Gasteiger partial charge in [0.2, 0.25) is 11.9 Å². The average Bonchev–Trinajstić information content (AvgIpc) is 2.72. The van der Waals surface area contributed by atoms with E-state index in [4.69, 9.17) is 6.42 Å². The second-order valence-electron chi connectivity index (χ2n) is 8.57. The summed E-state index contributed by atoms with van der Waals surface area (Å²) < 4.78 is 41.1. The second-order valence-corrected chi connectivity index (χ2v) is 8.57. The molecule has 0 fully saturated rings. The van der Waals surface area contributed by atoms with E-state index < -0.39 is 17.3 Å². The standard InChI is InChI=1S/C24H23F3N4O3/c1-5-12-31(16-7-9-17(10-8-16)34-24(25,26)27)14-15-6-11-19-18(13-15)20(32)29-22(28-19)30-21(33)23(2,3)4/h1,6-11,13H,12,14H2,2-4H3,(H2,28,29,30,32,33). The van der Waals surface area contributed by atoms with Crippen molar-refractivity contribution in [2.45, 2.75) is 33.7 Å². The lowest BCUT2D eigenvalue weighted by atomic mass is 9.96. The first-order valence-corrected chi connectivity index (χ1v) is 10.2. The summed E-state index contributed by atoms with van der Waals surface area (Å²) in [6.45, 7) is 5.71. The second kappa shape index (κ2) is 9.47. The molecule has 0 radical (unpaired) electrons. The Balaban J connectivity index is 1.84. The van der Waals surface area contributed by atoms with E-state index in [-0.39, 0.29) is 24.1 Å². The van der Waals surface area contributed by atoms with Crippen LogP contribution in [0.1, 0.15) is 26.3 Å². The van der Waals surface area contributed by atoms with Crippen molar-refractivity contribution in [3.05, 3.63) is 58.4 Å². The Morgan fingerprint density at radius 1 is 1.18 bits per heavy atom. The Morgan fingerprint density at radius 2 is 1.85 bits per heavy atom. The van der Waals surface area contributed by atoms with Crippen molar-refractivity contribution < 1.29 is 22.7 Å². The van der Waals surface area contributed by atoms with Gasteiger partial charge in [-0.05, 0) is 42.0 Å². The summed E-state index contributed by atoms with van der Waals surface area (Å²) in [6.07, 6.45) is 0.694. The number of H-pyrrole nitrogens is 1. The molecule has 3 aromatic rings. The largest absolute Gasteiger partial charge is 0.573 e. The highest BCUT2D eigenvalue weighted by atomic mass is 19.4. The number of anilines is 2. The smallest absolute Gasteiger partial charge is 0.406 e. The van der Waals surface area contributed by atoms with Crippen LogP contribution in [-0.4, -0.2) is 28.8 Å². The molecule has 2 aromatic carbocycles. The number of halogens is 3. The van der Waals surface area contributed by atoms with Gasteiger partial charge in [-0.25, -0.2) is 4.98 Å². The molecule has 1 amide bonds. The van der Waals surface area contributed by atoms with Crippen LogP contribution < -0.4 is 20.5 Å². The maximum Gasteiger partial charge on any atom is 0.573 e. The van der Waals surface area contributed by atoms with Gasteiger partial charge < -0.3 is 9.64 Å². The Morgan fingerprint density at radius 3 is 2.44 bits per heavy atom. The fraction of sp³-hybridized carbons (Fsp3) is 0.292. The van der Waals surface area contributed by atoms with Gasteiger partial charge in [-0.15, -0.1) is 19.6 Å². The zero-order valence-electron chi connectivity index (χ0n) is 18.8. The van der Waals surface area contributed by atoms with E-state index in [1.165, 1.54) is 24.3 Å². The molecule has 10 heteroatoms. The lowest BCUT2D eigenvalue weighted by Gasteiger charge is -2.23. The summed E-state index contributed by atoms with van der Waals surface area (Å²) in [6, 6.07) is 10.4. The molecule has 1 heterocycles. The molecule has 0 saturated heterocycles. The number of benzene rings is 2. The third-order valence-electron chi connectivity index (χ3n) is 4.77. The van der Waals surface area contributed by atoms with E-state index in [2.05, 4.69) is 25.9 Å². The predicted octanol–water partition coefficient (Wildman–Crippen LogP) is 4.45. The predicted molar refractivity (Wildman–Crippen MR) is 123 cm³/mol. The SMILES string of the molecule is C#CCN(Cc1ccc2nc(NC(=O)C(C)(C)C)[nH]c(=O)c2c1)c1ccc(OC(F)(F)F)cc1. The number of aromatic amines is 1. The van der Waals surface area contributed by atoms with Gasteiger partial charge in [-0.3, -0.25) is 19.9 Å². The molecule has 0 aliphatic heterocycles. The fourth-order valence-electron chi connectivity index (χ4n) is 3.07. The molecule has 0 aliphatic rings. The number of hydrogen-bond donors (Lipinski definition) is 2. The lowest BCUT2D eigenvalue weighted by molar-refractivity contribution is -0.274. The van der Waals surface area contributed by atoms with Crippen molar-refractivity contribution in [2.75, 3.05) is 16.8 Å². The third-order valence-corrected chi connectivity index (χ3v) is 4.77. The molecular weight excluding hydrogens is 449 g/mol. The number of terminal acetylenes is 1. The topological polar surface area (TPSA) is 87.3 Å². The van der Waals surface area contributed by atoms with Crippen molar-refractivity contribution >= 4 is 28.4 Å². The van der Waals surface area contributed by atoms with Crippen molar-refractivity contribution in [3.8, 4) is 18.1 Å². The monoisotopic (exact) mass is 472 g/mol. The molecule has 0 unspecified atom stereocenters. The van der Waals surface area contributed by atoms with E-state index in [1.807, 2.05) is 0 Å². The summed E-state index contributed by atoms with van der Waals surface area (Å²) in [4.78, 5) is 33.4. The van der Waals surface area contributed by atoms with Crippen molar-refractivity contribution in [3.63, 3.8) is 0 Å². The quantitative estimate of drug-likeness (QED) is 0.518. The summed E-state index contributed by atoms with van der Waals surface area (Å²) in [5.74, 6) is 1.95. The first kappa shape index (κ1) is 24.6. The minimum absolute atomic E-state index is 0.0558. The van der Waals surface area contributed by atoms with E-state index in [0.29, 0.717) is 23.1 Å². The summed E-state index contributed by atoms with van der Waals surface area (Å²) in [7, 11) is 0. The number of fused-ring (bicyclic) bond motifs is 1. The van der Waals surface area contributed by atoms with Gasteiger partial charge in [0.05, 0.1) is 17.4 Å². The van der Waals surface area contributed by atoms with Crippen LogP contribution in [0.25, 0.3) is 10.9 Å². The average molecular weight is 472 g/mol. The van der Waals surface area contributed by atoms with Crippen LogP contribution in [0.15, 0.2) is 47.3 Å². The van der Waals surface area contributed by atoms with Crippen LogP contribution in [0.2, 0.25) is 0 Å². The van der Waals surface area contributed by atoms with Gasteiger partial charge >= 0.3 is 6.36 Å². The third kappa shape index (κ3) is 6.28. The van der Waals surface area contributed by atoms with E-state index in [1.54, 1.807) is 43.9 Å². The van der Waals surface area contributed by atoms with Crippen LogP contribution in [-0.2, 0) is 11.3 Å². The molecule has 1 aromatic heterocycles. The number of nitrogens with zero attached hydrogens (tertiary/aromatic N) is 2. The van der Waals surface area contributed by atoms with Gasteiger partial charge in [-0.2, -0.15) is 0 Å². The number of alkyl halides is 3. The molecule has 3 rings (SSSR count). The Labute approximate surface area is 194 Å². The summed E-state index contributed by atoms with van der Waals surface area (Å²) >= 11 is 0. The van der Waals surface area contributed by atoms with Crippen LogP contribution in [0.5, 0.6) is 5.75 Å². The molecular formula is C24H23F3N4O3. The number of amides is 1. The van der Waals surface area contributed by atoms with Crippen LogP contribution in [0.4, 0.5) is 24.8 Å². The maximum absolute atomic E-state index is 12.6. The normalized spacial score (nSPS) is 11.7. The first-order chi connectivity index (χ1) is 15.9. The maximum atomic E-state index is 12.6. The molecule has 0 saturated carbocycles. The van der Waals surface area contributed by atoms with Gasteiger partial charge in [0, 0.05) is 17.6 Å². The van der Waals surface area contributed by atoms with Crippen LogP contribution in [0, 0.1) is 17.8 Å². The Hall–Kier alpha value is -4.00. The number of ether oxygens (including phenoxy) is 1. The van der Waals surface area contributed by atoms with Crippen LogP contribution in [0.3, 0.4) is 0 Å². The zero-order chi connectivity index (χ0) is 25.1. The molecule has 0 atom stereocenters. The minimum Gasteiger partial charge on any atom is -0.406 e. The van der Waals surface area contributed by atoms with Crippen molar-refractivity contribution in [1.29, 1.82) is 0 Å². The number of aromatic nitrogens is 2. The molecule has 7 nitrogen and oxygen atoms in total. The van der Waals surface area contributed by atoms with E-state index in [9.17, 15) is 22.8 Å². The number of rotatable bonds is 6. The van der Waals surface area contributed by atoms with Crippen molar-refractivity contribution in [2.24, 2.45) is 5.41 Å². The highest BCUT2D eigenvalue weighted by molar-refractivity contribution is 5.93. The van der Waals surface area contributed by atoms with Crippen molar-refractivity contribution in [1.82, 2.24) is 9.97 Å². The Kier molecular flexibility index (Phi) is 6.86. The number of carbonyl (C=O) groups is 1. The minimum atomic E-state index is -4.78. The molecule has 0 spiro atoms. The summed E-state index contributed by atoms with van der Waals surface area (Å²) in [5, 5.41) is 2.92. The summed E-state index contributed by atoms with van der Waals surface area (Å²) in [5.41, 5.74) is 0.633. The molecule has 0 bridgehead atoms. The van der Waals surface area contributed by atoms with Gasteiger partial charge in [-0.1, -0.05) is 32.8 Å². The first-order valence-electron chi connectivity index (χ1n) is 10.2. The number of carbonyl (C=O) groups excluding carboxylic acids is 1. The van der Waals surface area contributed by atoms with E-state index in [0.717, 1.165) is 5.56 Å². The van der Waals surface area contributed by atoms with E-state index >= 15 is 0 Å². The fourth-order valence-corrected chi connectivity index (χ4v) is 3.07. The van der Waals surface area contributed by atoms with Gasteiger partial charge in [0.15, 0.2) is 0 Å². The molecule has 34 heavy (non-hydrogen) atoms. The molecule has 0 aliphatic carbocycles. The molecule has 2 N–H and O–H groups in total. The highest BCUT2D eigenvalue weighted by Crippen LogP contribution is 2.26. The molecule has 178 valence electrons. The number of nitrogens with one attached hydrogen (secondary N) is 2. The van der Waals surface area contributed by atoms with Gasteiger partial charge in [0.25, 0.3) is 5.56 Å². The lowest BCUT2D eigenvalue weighted by Crippen LogP contribution is -2.29. The highest BCUT2D eigenvalue weighted by Gasteiger charge is 2.31. The Bertz CT molecular complexity index is 1290. The van der Waals surface area contributed by atoms with Crippen LogP contribution >= 0.6 is 0 Å². The van der Waals surface area contributed by atoms with Gasteiger partial charge in [0.1, 0.15) is 5.75 Å². The zero-order valence-corrected chi connectivity index (χ0v) is 18.8.